The van der Waals surface area contributed by atoms with Gasteiger partial charge in [0.25, 0.3) is 5.56 Å². The van der Waals surface area contributed by atoms with E-state index in [-0.39, 0.29) is 5.56 Å². The normalized spacial score (nSPS) is 29.9. The molecule has 2 fully saturated rings. The van der Waals surface area contributed by atoms with Crippen molar-refractivity contribution in [2.24, 2.45) is 5.41 Å². The molecule has 0 radical (unpaired) electrons. The predicted molar refractivity (Wildman–Crippen MR) is 76.5 cm³/mol. The van der Waals surface area contributed by atoms with Crippen LogP contribution in [0.5, 0.6) is 0 Å². The van der Waals surface area contributed by atoms with Crippen LogP contribution in [0.1, 0.15) is 44.8 Å². The molecule has 2 unspecified atom stereocenters. The molecule has 110 valence electrons. The SMILES string of the molecule is CC1(C)COC(CN2CCCC2c2ccc(=O)[nH]n2)C1. The third-order valence-corrected chi connectivity index (χ3v) is 4.33. The molecule has 1 N–H and O–H groups in total. The van der Waals surface area contributed by atoms with Crippen molar-refractivity contribution < 1.29 is 4.74 Å². The number of aromatic nitrogens is 2. The number of H-pyrrole nitrogens is 1. The Balaban J connectivity index is 1.67. The van der Waals surface area contributed by atoms with E-state index in [1.165, 1.54) is 6.42 Å². The minimum atomic E-state index is -0.140. The summed E-state index contributed by atoms with van der Waals surface area (Å²) in [4.78, 5) is 13.6. The molecule has 2 atom stereocenters. The Morgan fingerprint density at radius 3 is 3.00 bits per heavy atom. The summed E-state index contributed by atoms with van der Waals surface area (Å²) in [6.45, 7) is 7.43. The average molecular weight is 277 g/mol. The molecule has 0 bridgehead atoms. The minimum absolute atomic E-state index is 0.140. The van der Waals surface area contributed by atoms with Crippen LogP contribution in [0.15, 0.2) is 16.9 Å². The quantitative estimate of drug-likeness (QED) is 0.914. The second kappa shape index (κ2) is 5.30. The lowest BCUT2D eigenvalue weighted by atomic mass is 9.90. The molecule has 2 aliphatic heterocycles. The van der Waals surface area contributed by atoms with E-state index in [1.54, 1.807) is 6.07 Å². The highest BCUT2D eigenvalue weighted by atomic mass is 16.5. The lowest BCUT2D eigenvalue weighted by molar-refractivity contribution is 0.0631. The summed E-state index contributed by atoms with van der Waals surface area (Å²) in [6.07, 6.45) is 3.74. The fourth-order valence-corrected chi connectivity index (χ4v) is 3.38. The number of aromatic amines is 1. The van der Waals surface area contributed by atoms with Crippen molar-refractivity contribution in [3.05, 3.63) is 28.2 Å². The minimum Gasteiger partial charge on any atom is -0.376 e. The van der Waals surface area contributed by atoms with Crippen molar-refractivity contribution in [1.82, 2.24) is 15.1 Å². The predicted octanol–water partition coefficient (Wildman–Crippen LogP) is 1.72. The van der Waals surface area contributed by atoms with Gasteiger partial charge in [0.05, 0.1) is 24.4 Å². The number of rotatable bonds is 3. The molecule has 2 saturated heterocycles. The maximum absolute atomic E-state index is 11.1. The average Bonchev–Trinajstić information content (AvgIpc) is 2.98. The zero-order chi connectivity index (χ0) is 14.2. The molecular formula is C15H23N3O2. The van der Waals surface area contributed by atoms with E-state index in [9.17, 15) is 4.79 Å². The molecule has 1 aromatic rings. The van der Waals surface area contributed by atoms with Crippen LogP contribution in [0.4, 0.5) is 0 Å². The van der Waals surface area contributed by atoms with Gasteiger partial charge in [0.15, 0.2) is 0 Å². The molecular weight excluding hydrogens is 254 g/mol. The summed E-state index contributed by atoms with van der Waals surface area (Å²) >= 11 is 0. The molecule has 0 amide bonds. The number of hydrogen-bond acceptors (Lipinski definition) is 4. The molecule has 3 rings (SSSR count). The Morgan fingerprint density at radius 2 is 2.35 bits per heavy atom. The van der Waals surface area contributed by atoms with Crippen LogP contribution in [-0.4, -0.2) is 40.9 Å². The molecule has 0 spiro atoms. The largest absolute Gasteiger partial charge is 0.376 e. The lowest BCUT2D eigenvalue weighted by Gasteiger charge is -2.26. The maximum Gasteiger partial charge on any atom is 0.264 e. The summed E-state index contributed by atoms with van der Waals surface area (Å²) < 4.78 is 5.91. The van der Waals surface area contributed by atoms with Gasteiger partial charge in [-0.15, -0.1) is 0 Å². The zero-order valence-electron chi connectivity index (χ0n) is 12.3. The van der Waals surface area contributed by atoms with Crippen LogP contribution in [-0.2, 0) is 4.74 Å². The molecule has 20 heavy (non-hydrogen) atoms. The topological polar surface area (TPSA) is 58.2 Å². The Morgan fingerprint density at radius 1 is 1.50 bits per heavy atom. The van der Waals surface area contributed by atoms with E-state index in [0.717, 1.165) is 38.2 Å². The van der Waals surface area contributed by atoms with Crippen molar-refractivity contribution in [2.45, 2.75) is 45.3 Å². The smallest absolute Gasteiger partial charge is 0.264 e. The van der Waals surface area contributed by atoms with Gasteiger partial charge in [-0.05, 0) is 37.3 Å². The summed E-state index contributed by atoms with van der Waals surface area (Å²) in [5.41, 5.74) is 1.13. The van der Waals surface area contributed by atoms with E-state index in [4.69, 9.17) is 4.74 Å². The van der Waals surface area contributed by atoms with Gasteiger partial charge < -0.3 is 4.74 Å². The molecule has 0 aromatic carbocycles. The molecule has 0 aliphatic carbocycles. The highest BCUT2D eigenvalue weighted by Crippen LogP contribution is 2.35. The van der Waals surface area contributed by atoms with E-state index in [1.807, 2.05) is 6.07 Å². The van der Waals surface area contributed by atoms with Crippen molar-refractivity contribution in [1.29, 1.82) is 0 Å². The van der Waals surface area contributed by atoms with Crippen molar-refractivity contribution in [2.75, 3.05) is 19.7 Å². The first-order valence-corrected chi connectivity index (χ1v) is 7.45. The molecule has 3 heterocycles. The van der Waals surface area contributed by atoms with E-state index < -0.39 is 0 Å². The fourth-order valence-electron chi connectivity index (χ4n) is 3.38. The monoisotopic (exact) mass is 277 g/mol. The van der Waals surface area contributed by atoms with Gasteiger partial charge in [-0.3, -0.25) is 9.69 Å². The van der Waals surface area contributed by atoms with Crippen molar-refractivity contribution >= 4 is 0 Å². The van der Waals surface area contributed by atoms with E-state index >= 15 is 0 Å². The zero-order valence-corrected chi connectivity index (χ0v) is 12.3. The Kier molecular flexibility index (Phi) is 3.65. The molecule has 1 aromatic heterocycles. The number of likely N-dealkylation sites (tertiary alicyclic amines) is 1. The van der Waals surface area contributed by atoms with Crippen LogP contribution in [0.2, 0.25) is 0 Å². The Labute approximate surface area is 119 Å². The first-order chi connectivity index (χ1) is 9.53. The van der Waals surface area contributed by atoms with Crippen LogP contribution in [0.25, 0.3) is 0 Å². The van der Waals surface area contributed by atoms with E-state index in [2.05, 4.69) is 28.9 Å². The third-order valence-electron chi connectivity index (χ3n) is 4.33. The number of nitrogens with one attached hydrogen (secondary N) is 1. The highest BCUT2D eigenvalue weighted by Gasteiger charge is 2.36. The standard InChI is InChI=1S/C15H23N3O2/c1-15(2)8-11(20-10-15)9-18-7-3-4-13(18)12-5-6-14(19)17-16-12/h5-6,11,13H,3-4,7-10H2,1-2H3,(H,17,19). The van der Waals surface area contributed by atoms with Gasteiger partial charge in [0.1, 0.15) is 0 Å². The second-order valence-electron chi connectivity index (χ2n) is 6.80. The summed E-state index contributed by atoms with van der Waals surface area (Å²) in [7, 11) is 0. The number of nitrogens with zero attached hydrogens (tertiary/aromatic N) is 2. The second-order valence-corrected chi connectivity index (χ2v) is 6.80. The molecule has 5 heteroatoms. The van der Waals surface area contributed by atoms with Crippen LogP contribution in [0, 0.1) is 5.41 Å². The van der Waals surface area contributed by atoms with Crippen molar-refractivity contribution in [3.63, 3.8) is 0 Å². The Bertz CT molecular complexity index is 506. The van der Waals surface area contributed by atoms with E-state index in [0.29, 0.717) is 17.6 Å². The fraction of sp³-hybridized carbons (Fsp3) is 0.733. The number of ether oxygens (including phenoxy) is 1. The Hall–Kier alpha value is -1.20. The van der Waals surface area contributed by atoms with Gasteiger partial charge in [0, 0.05) is 12.6 Å². The van der Waals surface area contributed by atoms with Gasteiger partial charge in [0.2, 0.25) is 0 Å². The molecule has 5 nitrogen and oxygen atoms in total. The highest BCUT2D eigenvalue weighted by molar-refractivity contribution is 5.08. The first-order valence-electron chi connectivity index (χ1n) is 7.45. The number of hydrogen-bond donors (Lipinski definition) is 1. The van der Waals surface area contributed by atoms with Crippen LogP contribution in [0.3, 0.4) is 0 Å². The first kappa shape index (κ1) is 13.8. The molecule has 0 saturated carbocycles. The van der Waals surface area contributed by atoms with Gasteiger partial charge in [-0.2, -0.15) is 5.10 Å². The van der Waals surface area contributed by atoms with Crippen LogP contribution < -0.4 is 5.56 Å². The van der Waals surface area contributed by atoms with Crippen LogP contribution >= 0.6 is 0 Å². The van der Waals surface area contributed by atoms with Gasteiger partial charge in [-0.1, -0.05) is 13.8 Å². The summed E-state index contributed by atoms with van der Waals surface area (Å²) in [5.74, 6) is 0. The molecule has 2 aliphatic rings. The summed E-state index contributed by atoms with van der Waals surface area (Å²) in [6, 6.07) is 3.73. The van der Waals surface area contributed by atoms with Gasteiger partial charge >= 0.3 is 0 Å². The van der Waals surface area contributed by atoms with Gasteiger partial charge in [-0.25, -0.2) is 5.10 Å². The van der Waals surface area contributed by atoms with Crippen molar-refractivity contribution in [3.8, 4) is 0 Å². The third kappa shape index (κ3) is 2.94. The maximum atomic E-state index is 11.1. The lowest BCUT2D eigenvalue weighted by Crippen LogP contribution is -2.32. The summed E-state index contributed by atoms with van der Waals surface area (Å²) in [5, 5.41) is 6.73.